The molecule has 1 spiro atoms. The lowest BCUT2D eigenvalue weighted by Crippen LogP contribution is -2.56. The van der Waals surface area contributed by atoms with E-state index in [-0.39, 0.29) is 24.7 Å². The summed E-state index contributed by atoms with van der Waals surface area (Å²) in [6, 6.07) is 8.96. The van der Waals surface area contributed by atoms with Crippen molar-refractivity contribution in [1.29, 1.82) is 0 Å². The molecule has 1 aromatic rings. The number of aryl methyl sites for hydroxylation is 1. The highest BCUT2D eigenvalue weighted by Gasteiger charge is 2.49. The van der Waals surface area contributed by atoms with Crippen molar-refractivity contribution in [2.45, 2.75) is 24.8 Å². The maximum absolute atomic E-state index is 12.4. The van der Waals surface area contributed by atoms with Crippen LogP contribution >= 0.6 is 0 Å². The Morgan fingerprint density at radius 2 is 1.74 bits per heavy atom. The van der Waals surface area contributed by atoms with Gasteiger partial charge in [0.15, 0.2) is 0 Å². The molecule has 2 fully saturated rings. The van der Waals surface area contributed by atoms with Gasteiger partial charge in [0.1, 0.15) is 5.54 Å². The van der Waals surface area contributed by atoms with E-state index in [1.807, 2.05) is 30.3 Å². The molecule has 1 aromatic carbocycles. The predicted molar refractivity (Wildman–Crippen MR) is 84.1 cm³/mol. The summed E-state index contributed by atoms with van der Waals surface area (Å²) in [5.74, 6) is -0.313. The van der Waals surface area contributed by atoms with E-state index in [9.17, 15) is 18.0 Å². The summed E-state index contributed by atoms with van der Waals surface area (Å²) in [5, 5.41) is 4.85. The summed E-state index contributed by atoms with van der Waals surface area (Å²) in [6.45, 7) is 0.482. The fraction of sp³-hybridized carbons (Fsp3) is 0.467. The Morgan fingerprint density at radius 1 is 1.09 bits per heavy atom. The van der Waals surface area contributed by atoms with Crippen LogP contribution in [-0.4, -0.2) is 49.0 Å². The number of rotatable bonds is 4. The van der Waals surface area contributed by atoms with E-state index < -0.39 is 21.6 Å². The van der Waals surface area contributed by atoms with Crippen molar-refractivity contribution < 1.29 is 18.0 Å². The minimum Gasteiger partial charge on any atom is -0.323 e. The molecule has 124 valence electrons. The third kappa shape index (κ3) is 3.23. The van der Waals surface area contributed by atoms with Gasteiger partial charge >= 0.3 is 6.03 Å². The highest BCUT2D eigenvalue weighted by atomic mass is 32.2. The molecule has 0 unspecified atom stereocenters. The van der Waals surface area contributed by atoms with Crippen LogP contribution < -0.4 is 10.6 Å². The van der Waals surface area contributed by atoms with Gasteiger partial charge in [0.25, 0.3) is 5.91 Å². The van der Waals surface area contributed by atoms with Crippen molar-refractivity contribution in [2.75, 3.05) is 18.8 Å². The maximum atomic E-state index is 12.4. The van der Waals surface area contributed by atoms with Crippen LogP contribution in [0.2, 0.25) is 0 Å². The van der Waals surface area contributed by atoms with E-state index in [0.717, 1.165) is 5.56 Å². The van der Waals surface area contributed by atoms with Crippen molar-refractivity contribution in [1.82, 2.24) is 14.9 Å². The van der Waals surface area contributed by atoms with Crippen molar-refractivity contribution in [3.05, 3.63) is 35.9 Å². The zero-order valence-corrected chi connectivity index (χ0v) is 13.4. The number of piperidine rings is 1. The fourth-order valence-electron chi connectivity index (χ4n) is 3.05. The van der Waals surface area contributed by atoms with Gasteiger partial charge in [-0.3, -0.25) is 10.1 Å². The Kier molecular flexibility index (Phi) is 4.11. The van der Waals surface area contributed by atoms with Crippen LogP contribution in [0.4, 0.5) is 4.79 Å². The quantitative estimate of drug-likeness (QED) is 0.769. The van der Waals surface area contributed by atoms with Gasteiger partial charge < -0.3 is 5.32 Å². The Morgan fingerprint density at radius 3 is 2.30 bits per heavy atom. The van der Waals surface area contributed by atoms with Gasteiger partial charge in [-0.2, -0.15) is 0 Å². The van der Waals surface area contributed by atoms with E-state index in [4.69, 9.17) is 0 Å². The summed E-state index contributed by atoms with van der Waals surface area (Å²) < 4.78 is 26.3. The fourth-order valence-corrected chi connectivity index (χ4v) is 4.54. The molecule has 0 radical (unpaired) electrons. The zero-order chi connectivity index (χ0) is 16.5. The molecule has 3 amide bonds. The SMILES string of the molecule is O=C1NC(=O)C2(CCN(S(=O)(=O)CCc3ccccc3)CC2)N1. The second-order valence-corrected chi connectivity index (χ2v) is 8.03. The molecule has 0 bridgehead atoms. The second-order valence-electron chi connectivity index (χ2n) is 5.94. The number of urea groups is 1. The van der Waals surface area contributed by atoms with E-state index >= 15 is 0 Å². The number of amides is 3. The number of imide groups is 1. The highest BCUT2D eigenvalue weighted by Crippen LogP contribution is 2.27. The number of benzene rings is 1. The van der Waals surface area contributed by atoms with Crippen molar-refractivity contribution in [3.8, 4) is 0 Å². The molecule has 0 saturated carbocycles. The van der Waals surface area contributed by atoms with Crippen molar-refractivity contribution in [2.24, 2.45) is 0 Å². The number of sulfonamides is 1. The van der Waals surface area contributed by atoms with E-state index in [1.165, 1.54) is 4.31 Å². The summed E-state index contributed by atoms with van der Waals surface area (Å²) in [4.78, 5) is 23.2. The Hall–Kier alpha value is -1.93. The lowest BCUT2D eigenvalue weighted by atomic mass is 9.89. The summed E-state index contributed by atoms with van der Waals surface area (Å²) >= 11 is 0. The third-order valence-corrected chi connectivity index (χ3v) is 6.35. The molecule has 7 nitrogen and oxygen atoms in total. The standard InChI is InChI=1S/C15H19N3O4S/c19-13-15(17-14(20)16-13)7-9-18(10-8-15)23(21,22)11-6-12-4-2-1-3-5-12/h1-5H,6-11H2,(H2,16,17,19,20). The molecule has 0 aromatic heterocycles. The van der Waals surface area contributed by atoms with E-state index in [0.29, 0.717) is 19.3 Å². The van der Waals surface area contributed by atoms with Crippen molar-refractivity contribution >= 4 is 22.0 Å². The van der Waals surface area contributed by atoms with Crippen LogP contribution in [0.25, 0.3) is 0 Å². The summed E-state index contributed by atoms with van der Waals surface area (Å²) in [7, 11) is -3.37. The number of hydrogen-bond donors (Lipinski definition) is 2. The lowest BCUT2D eigenvalue weighted by Gasteiger charge is -2.36. The van der Waals surface area contributed by atoms with Crippen LogP contribution in [0.1, 0.15) is 18.4 Å². The largest absolute Gasteiger partial charge is 0.323 e. The smallest absolute Gasteiger partial charge is 0.322 e. The summed E-state index contributed by atoms with van der Waals surface area (Å²) in [6.07, 6.45) is 1.06. The highest BCUT2D eigenvalue weighted by molar-refractivity contribution is 7.89. The third-order valence-electron chi connectivity index (χ3n) is 4.48. The first-order chi connectivity index (χ1) is 10.9. The molecule has 3 rings (SSSR count). The molecule has 23 heavy (non-hydrogen) atoms. The predicted octanol–water partition coefficient (Wildman–Crippen LogP) is 0.233. The lowest BCUT2D eigenvalue weighted by molar-refractivity contribution is -0.125. The average Bonchev–Trinajstić information content (AvgIpc) is 2.80. The van der Waals surface area contributed by atoms with Crippen LogP contribution in [0, 0.1) is 0 Å². The molecular formula is C15H19N3O4S. The van der Waals surface area contributed by atoms with Gasteiger partial charge in [-0.1, -0.05) is 30.3 Å². The Labute approximate surface area is 135 Å². The number of hydrogen-bond acceptors (Lipinski definition) is 4. The van der Waals surface area contributed by atoms with Crippen molar-refractivity contribution in [3.63, 3.8) is 0 Å². The first-order valence-corrected chi connectivity index (χ1v) is 9.18. The number of carbonyl (C=O) groups is 2. The van der Waals surface area contributed by atoms with E-state index in [2.05, 4.69) is 10.6 Å². The zero-order valence-electron chi connectivity index (χ0n) is 12.6. The molecule has 2 saturated heterocycles. The van der Waals surface area contributed by atoms with Crippen LogP contribution in [0.15, 0.2) is 30.3 Å². The minimum absolute atomic E-state index is 0.0442. The first-order valence-electron chi connectivity index (χ1n) is 7.57. The average molecular weight is 337 g/mol. The molecule has 2 heterocycles. The van der Waals surface area contributed by atoms with Gasteiger partial charge in [-0.05, 0) is 24.8 Å². The van der Waals surface area contributed by atoms with Gasteiger partial charge in [-0.15, -0.1) is 0 Å². The molecular weight excluding hydrogens is 318 g/mol. The Balaban J connectivity index is 1.60. The van der Waals surface area contributed by atoms with Gasteiger partial charge in [-0.25, -0.2) is 17.5 Å². The molecule has 0 atom stereocenters. The monoisotopic (exact) mass is 337 g/mol. The van der Waals surface area contributed by atoms with Crippen LogP contribution in [0.3, 0.4) is 0 Å². The molecule has 8 heteroatoms. The van der Waals surface area contributed by atoms with Crippen LogP contribution in [0.5, 0.6) is 0 Å². The topological polar surface area (TPSA) is 95.6 Å². The minimum atomic E-state index is -3.37. The molecule has 2 aliphatic heterocycles. The molecule has 2 N–H and O–H groups in total. The van der Waals surface area contributed by atoms with Gasteiger partial charge in [0, 0.05) is 13.1 Å². The molecule has 0 aliphatic carbocycles. The van der Waals surface area contributed by atoms with Crippen LogP contribution in [-0.2, 0) is 21.2 Å². The Bertz CT molecular complexity index is 709. The number of nitrogens with one attached hydrogen (secondary N) is 2. The normalized spacial score (nSPS) is 21.2. The van der Waals surface area contributed by atoms with Gasteiger partial charge in [0.2, 0.25) is 10.0 Å². The first kappa shape index (κ1) is 15.9. The second kappa shape index (κ2) is 5.93. The molecule has 2 aliphatic rings. The van der Waals surface area contributed by atoms with Gasteiger partial charge in [0.05, 0.1) is 5.75 Å². The maximum Gasteiger partial charge on any atom is 0.322 e. The number of nitrogens with zero attached hydrogens (tertiary/aromatic N) is 1. The van der Waals surface area contributed by atoms with E-state index in [1.54, 1.807) is 0 Å². The number of carbonyl (C=O) groups excluding carboxylic acids is 2. The summed E-state index contributed by atoms with van der Waals surface area (Å²) in [5.41, 5.74) is 0.0368.